The maximum atomic E-state index is 12.4. The predicted molar refractivity (Wildman–Crippen MR) is 118 cm³/mol. The second-order valence-corrected chi connectivity index (χ2v) is 7.59. The summed E-state index contributed by atoms with van der Waals surface area (Å²) in [6.07, 6.45) is 2.11. The fourth-order valence-corrected chi connectivity index (χ4v) is 3.58. The lowest BCUT2D eigenvalue weighted by molar-refractivity contribution is -0.384. The van der Waals surface area contributed by atoms with Crippen molar-refractivity contribution in [3.8, 4) is 0 Å². The van der Waals surface area contributed by atoms with Crippen LogP contribution in [-0.4, -0.2) is 65.2 Å². The predicted octanol–water partition coefficient (Wildman–Crippen LogP) is 2.02. The van der Waals surface area contributed by atoms with Crippen LogP contribution in [0, 0.1) is 10.1 Å². The number of amides is 3. The lowest BCUT2D eigenvalue weighted by Crippen LogP contribution is -2.52. The summed E-state index contributed by atoms with van der Waals surface area (Å²) in [4.78, 5) is 50.7. The van der Waals surface area contributed by atoms with Crippen molar-refractivity contribution in [3.63, 3.8) is 0 Å². The molecule has 0 bridgehead atoms. The SMILES string of the molecule is O=C(NCC(=O)N1CCN(C(=O)CCCc2ccccc2)CC1)c1cccc([N+](=O)[O-])c1. The van der Waals surface area contributed by atoms with E-state index in [0.29, 0.717) is 32.6 Å². The standard InChI is InChI=1S/C23H26N4O5/c28-21(11-4-8-18-6-2-1-3-7-18)25-12-14-26(15-13-25)22(29)17-24-23(30)19-9-5-10-20(16-19)27(31)32/h1-3,5-7,9-10,16H,4,8,11-15,17H2,(H,24,30). The van der Waals surface area contributed by atoms with Crippen LogP contribution in [0.3, 0.4) is 0 Å². The Hall–Kier alpha value is -3.75. The average Bonchev–Trinajstić information content (AvgIpc) is 2.83. The van der Waals surface area contributed by atoms with Gasteiger partial charge in [-0.15, -0.1) is 0 Å². The summed E-state index contributed by atoms with van der Waals surface area (Å²) >= 11 is 0. The molecule has 1 saturated heterocycles. The molecular weight excluding hydrogens is 412 g/mol. The van der Waals surface area contributed by atoms with Crippen LogP contribution < -0.4 is 5.32 Å². The van der Waals surface area contributed by atoms with E-state index in [1.54, 1.807) is 9.80 Å². The van der Waals surface area contributed by atoms with Gasteiger partial charge in [-0.25, -0.2) is 0 Å². The molecule has 0 spiro atoms. The number of rotatable bonds is 8. The van der Waals surface area contributed by atoms with Crippen LogP contribution in [0.25, 0.3) is 0 Å². The number of aryl methyl sites for hydroxylation is 1. The second kappa shape index (κ2) is 11.0. The Morgan fingerprint density at radius 3 is 2.22 bits per heavy atom. The summed E-state index contributed by atoms with van der Waals surface area (Å²) < 4.78 is 0. The Labute approximate surface area is 186 Å². The first kappa shape index (κ1) is 22.9. The number of carbonyl (C=O) groups excluding carboxylic acids is 3. The zero-order chi connectivity index (χ0) is 22.9. The zero-order valence-electron chi connectivity index (χ0n) is 17.7. The van der Waals surface area contributed by atoms with E-state index in [9.17, 15) is 24.5 Å². The van der Waals surface area contributed by atoms with E-state index in [4.69, 9.17) is 0 Å². The first-order valence-corrected chi connectivity index (χ1v) is 10.6. The van der Waals surface area contributed by atoms with Crippen molar-refractivity contribution in [2.24, 2.45) is 0 Å². The van der Waals surface area contributed by atoms with Crippen LogP contribution in [-0.2, 0) is 16.0 Å². The van der Waals surface area contributed by atoms with E-state index in [1.807, 2.05) is 30.3 Å². The van der Waals surface area contributed by atoms with E-state index in [2.05, 4.69) is 5.32 Å². The third kappa shape index (κ3) is 6.37. The molecule has 1 heterocycles. The monoisotopic (exact) mass is 438 g/mol. The maximum absolute atomic E-state index is 12.4. The number of hydrogen-bond donors (Lipinski definition) is 1. The largest absolute Gasteiger partial charge is 0.343 e. The summed E-state index contributed by atoms with van der Waals surface area (Å²) in [5, 5.41) is 13.3. The van der Waals surface area contributed by atoms with Gasteiger partial charge in [0.25, 0.3) is 11.6 Å². The molecule has 9 heteroatoms. The molecule has 2 aromatic rings. The van der Waals surface area contributed by atoms with Crippen molar-refractivity contribution in [2.45, 2.75) is 19.3 Å². The Bertz CT molecular complexity index is 971. The van der Waals surface area contributed by atoms with E-state index in [1.165, 1.54) is 29.8 Å². The highest BCUT2D eigenvalue weighted by Crippen LogP contribution is 2.13. The van der Waals surface area contributed by atoms with Crippen LogP contribution in [0.2, 0.25) is 0 Å². The van der Waals surface area contributed by atoms with Crippen molar-refractivity contribution < 1.29 is 19.3 Å². The van der Waals surface area contributed by atoms with E-state index < -0.39 is 10.8 Å². The summed E-state index contributed by atoms with van der Waals surface area (Å²) in [6, 6.07) is 15.4. The molecule has 3 amide bonds. The zero-order valence-corrected chi connectivity index (χ0v) is 17.7. The Balaban J connectivity index is 1.38. The number of non-ortho nitro benzene ring substituents is 1. The summed E-state index contributed by atoms with van der Waals surface area (Å²) in [6.45, 7) is 1.56. The number of nitro benzene ring substituents is 1. The van der Waals surface area contributed by atoms with Gasteiger partial charge >= 0.3 is 0 Å². The molecule has 32 heavy (non-hydrogen) atoms. The summed E-state index contributed by atoms with van der Waals surface area (Å²) in [5.41, 5.74) is 1.15. The quantitative estimate of drug-likeness (QED) is 0.500. The van der Waals surface area contributed by atoms with Gasteiger partial charge in [0.2, 0.25) is 11.8 Å². The average molecular weight is 438 g/mol. The molecule has 0 unspecified atom stereocenters. The minimum absolute atomic E-state index is 0.0898. The van der Waals surface area contributed by atoms with Crippen molar-refractivity contribution in [1.82, 2.24) is 15.1 Å². The van der Waals surface area contributed by atoms with E-state index in [-0.39, 0.29) is 29.6 Å². The number of nitrogens with zero attached hydrogens (tertiary/aromatic N) is 3. The number of piperazine rings is 1. The van der Waals surface area contributed by atoms with Crippen molar-refractivity contribution in [2.75, 3.05) is 32.7 Å². The van der Waals surface area contributed by atoms with Crippen molar-refractivity contribution in [3.05, 3.63) is 75.8 Å². The third-order valence-corrected chi connectivity index (χ3v) is 5.40. The van der Waals surface area contributed by atoms with Gasteiger partial charge in [0.05, 0.1) is 11.5 Å². The molecule has 0 aliphatic carbocycles. The molecular formula is C23H26N4O5. The van der Waals surface area contributed by atoms with Gasteiger partial charge in [-0.1, -0.05) is 36.4 Å². The van der Waals surface area contributed by atoms with Crippen LogP contribution in [0.4, 0.5) is 5.69 Å². The molecule has 1 fully saturated rings. The fourth-order valence-electron chi connectivity index (χ4n) is 3.58. The highest BCUT2D eigenvalue weighted by molar-refractivity contribution is 5.97. The van der Waals surface area contributed by atoms with Crippen LogP contribution in [0.1, 0.15) is 28.8 Å². The first-order valence-electron chi connectivity index (χ1n) is 10.6. The Morgan fingerprint density at radius 1 is 0.906 bits per heavy atom. The van der Waals surface area contributed by atoms with Crippen LogP contribution in [0.5, 0.6) is 0 Å². The number of hydrogen-bond acceptors (Lipinski definition) is 5. The lowest BCUT2D eigenvalue weighted by atomic mass is 10.1. The molecule has 1 aliphatic rings. The van der Waals surface area contributed by atoms with Crippen LogP contribution in [0.15, 0.2) is 54.6 Å². The minimum Gasteiger partial charge on any atom is -0.343 e. The number of nitrogens with one attached hydrogen (secondary N) is 1. The molecule has 2 aromatic carbocycles. The topological polar surface area (TPSA) is 113 Å². The Morgan fingerprint density at radius 2 is 1.56 bits per heavy atom. The molecule has 1 aliphatic heterocycles. The molecule has 0 radical (unpaired) electrons. The molecule has 3 rings (SSSR count). The minimum atomic E-state index is -0.579. The van der Waals surface area contributed by atoms with Gasteiger partial charge in [0.15, 0.2) is 0 Å². The van der Waals surface area contributed by atoms with Crippen molar-refractivity contribution >= 4 is 23.4 Å². The first-order chi connectivity index (χ1) is 15.4. The highest BCUT2D eigenvalue weighted by Gasteiger charge is 2.24. The molecule has 1 N–H and O–H groups in total. The second-order valence-electron chi connectivity index (χ2n) is 7.59. The fraction of sp³-hybridized carbons (Fsp3) is 0.348. The number of benzene rings is 2. The maximum Gasteiger partial charge on any atom is 0.270 e. The normalized spacial score (nSPS) is 13.5. The van der Waals surface area contributed by atoms with E-state index in [0.717, 1.165) is 12.8 Å². The summed E-state index contributed by atoms with van der Waals surface area (Å²) in [5.74, 6) is -0.707. The number of nitro groups is 1. The van der Waals surface area contributed by atoms with Gasteiger partial charge < -0.3 is 15.1 Å². The highest BCUT2D eigenvalue weighted by atomic mass is 16.6. The third-order valence-electron chi connectivity index (χ3n) is 5.40. The van der Waals surface area contributed by atoms with Gasteiger partial charge in [0.1, 0.15) is 0 Å². The number of carbonyl (C=O) groups is 3. The smallest absolute Gasteiger partial charge is 0.270 e. The lowest BCUT2D eigenvalue weighted by Gasteiger charge is -2.35. The Kier molecular flexibility index (Phi) is 7.91. The van der Waals surface area contributed by atoms with Gasteiger partial charge in [-0.05, 0) is 24.5 Å². The molecule has 9 nitrogen and oxygen atoms in total. The molecule has 0 aromatic heterocycles. The van der Waals surface area contributed by atoms with Crippen molar-refractivity contribution in [1.29, 1.82) is 0 Å². The van der Waals surface area contributed by atoms with Gasteiger partial charge in [0, 0.05) is 50.3 Å². The molecule has 0 atom stereocenters. The molecule has 0 saturated carbocycles. The molecule has 168 valence electrons. The summed E-state index contributed by atoms with van der Waals surface area (Å²) in [7, 11) is 0. The van der Waals surface area contributed by atoms with E-state index >= 15 is 0 Å². The van der Waals surface area contributed by atoms with Gasteiger partial charge in [-0.3, -0.25) is 24.5 Å². The van der Waals surface area contributed by atoms with Crippen LogP contribution >= 0.6 is 0 Å². The van der Waals surface area contributed by atoms with Gasteiger partial charge in [-0.2, -0.15) is 0 Å².